The van der Waals surface area contributed by atoms with Gasteiger partial charge in [-0.1, -0.05) is 11.6 Å². The smallest absolute Gasteiger partial charge is 0.255 e. The van der Waals surface area contributed by atoms with Gasteiger partial charge < -0.3 is 15.4 Å². The Morgan fingerprint density at radius 2 is 2.31 bits per heavy atom. The topological polar surface area (TPSA) is 55.6 Å². The second-order valence-electron chi connectivity index (χ2n) is 3.71. The zero-order valence-corrected chi connectivity index (χ0v) is 9.70. The van der Waals surface area contributed by atoms with E-state index in [0.29, 0.717) is 29.5 Å². The van der Waals surface area contributed by atoms with Gasteiger partial charge >= 0.3 is 0 Å². The molecule has 0 aromatic heterocycles. The molecule has 1 aromatic carbocycles. The van der Waals surface area contributed by atoms with Crippen LogP contribution in [0.4, 0.5) is 11.4 Å². The van der Waals surface area contributed by atoms with E-state index in [1.165, 1.54) is 0 Å². The molecule has 2 N–H and O–H groups in total. The van der Waals surface area contributed by atoms with E-state index >= 15 is 0 Å². The molecule has 5 heteroatoms. The fraction of sp³-hybridized carbons (Fsp3) is 0.364. The number of hydrogen-bond acceptors (Lipinski definition) is 3. The van der Waals surface area contributed by atoms with Crippen LogP contribution >= 0.6 is 11.6 Å². The van der Waals surface area contributed by atoms with Crippen LogP contribution in [0, 0.1) is 0 Å². The van der Waals surface area contributed by atoms with E-state index < -0.39 is 6.10 Å². The first-order valence-corrected chi connectivity index (χ1v) is 5.45. The number of rotatable bonds is 1. The molecular weight excluding hydrogens is 228 g/mol. The molecule has 1 amide bonds. The zero-order valence-electron chi connectivity index (χ0n) is 8.94. The highest BCUT2D eigenvalue weighted by Gasteiger charge is 2.28. The third-order valence-electron chi connectivity index (χ3n) is 2.56. The Bertz CT molecular complexity index is 422. The minimum atomic E-state index is -0.414. The lowest BCUT2D eigenvalue weighted by Crippen LogP contribution is -2.46. The number of amides is 1. The van der Waals surface area contributed by atoms with Crippen molar-refractivity contribution in [2.45, 2.75) is 13.0 Å². The first kappa shape index (κ1) is 11.2. The number of morpholine rings is 1. The van der Waals surface area contributed by atoms with Crippen LogP contribution in [0.5, 0.6) is 0 Å². The normalized spacial score (nSPS) is 21.2. The Hall–Kier alpha value is -1.26. The lowest BCUT2D eigenvalue weighted by atomic mass is 10.2. The molecule has 2 rings (SSSR count). The maximum absolute atomic E-state index is 11.9. The summed E-state index contributed by atoms with van der Waals surface area (Å²) < 4.78 is 5.25. The van der Waals surface area contributed by atoms with Gasteiger partial charge in [-0.15, -0.1) is 0 Å². The van der Waals surface area contributed by atoms with E-state index in [0.717, 1.165) is 0 Å². The van der Waals surface area contributed by atoms with E-state index in [-0.39, 0.29) is 5.91 Å². The van der Waals surface area contributed by atoms with Crippen LogP contribution in [0.2, 0.25) is 5.02 Å². The van der Waals surface area contributed by atoms with Crippen molar-refractivity contribution in [3.8, 4) is 0 Å². The number of anilines is 2. The lowest BCUT2D eigenvalue weighted by molar-refractivity contribution is -0.132. The van der Waals surface area contributed by atoms with Crippen molar-refractivity contribution < 1.29 is 9.53 Å². The number of carbonyl (C=O) groups is 1. The molecule has 0 radical (unpaired) electrons. The Labute approximate surface area is 98.9 Å². The molecule has 1 heterocycles. The van der Waals surface area contributed by atoms with Gasteiger partial charge in [-0.25, -0.2) is 0 Å². The maximum Gasteiger partial charge on any atom is 0.255 e. The van der Waals surface area contributed by atoms with Crippen molar-refractivity contribution >= 4 is 28.9 Å². The third-order valence-corrected chi connectivity index (χ3v) is 2.86. The Morgan fingerprint density at radius 1 is 1.56 bits per heavy atom. The first-order valence-electron chi connectivity index (χ1n) is 5.07. The third kappa shape index (κ3) is 1.99. The Balaban J connectivity index is 2.32. The van der Waals surface area contributed by atoms with Gasteiger partial charge in [-0.3, -0.25) is 4.79 Å². The minimum absolute atomic E-state index is 0.0714. The second kappa shape index (κ2) is 4.31. The number of ether oxygens (including phenoxy) is 1. The van der Waals surface area contributed by atoms with Crippen molar-refractivity contribution in [1.82, 2.24) is 0 Å². The maximum atomic E-state index is 11.9. The summed E-state index contributed by atoms with van der Waals surface area (Å²) in [5, 5.41) is 0.488. The molecular formula is C11H13ClN2O2. The average Bonchev–Trinajstić information content (AvgIpc) is 2.23. The van der Waals surface area contributed by atoms with E-state index in [9.17, 15) is 4.79 Å². The summed E-state index contributed by atoms with van der Waals surface area (Å²) in [6.45, 7) is 2.78. The molecule has 1 saturated heterocycles. The van der Waals surface area contributed by atoms with Crippen LogP contribution in [0.25, 0.3) is 0 Å². The first-order chi connectivity index (χ1) is 7.59. The van der Waals surface area contributed by atoms with Crippen LogP contribution in [0.15, 0.2) is 18.2 Å². The zero-order chi connectivity index (χ0) is 11.7. The number of benzene rings is 1. The fourth-order valence-electron chi connectivity index (χ4n) is 1.70. The van der Waals surface area contributed by atoms with Crippen LogP contribution in [-0.4, -0.2) is 25.2 Å². The van der Waals surface area contributed by atoms with Crippen LogP contribution < -0.4 is 10.6 Å². The van der Waals surface area contributed by atoms with Crippen molar-refractivity contribution in [3.05, 3.63) is 23.2 Å². The number of nitrogens with zero attached hydrogens (tertiary/aromatic N) is 1. The summed E-state index contributed by atoms with van der Waals surface area (Å²) in [4.78, 5) is 13.5. The predicted molar refractivity (Wildman–Crippen MR) is 63.6 cm³/mol. The largest absolute Gasteiger partial charge is 0.399 e. The van der Waals surface area contributed by atoms with Gasteiger partial charge in [0.15, 0.2) is 0 Å². The fourth-order valence-corrected chi connectivity index (χ4v) is 1.99. The van der Waals surface area contributed by atoms with Crippen molar-refractivity contribution in [1.29, 1.82) is 0 Å². The van der Waals surface area contributed by atoms with Gasteiger partial charge in [-0.05, 0) is 25.1 Å². The summed E-state index contributed by atoms with van der Waals surface area (Å²) in [6.07, 6.45) is -0.414. The molecule has 1 aromatic rings. The number of carbonyl (C=O) groups excluding carboxylic acids is 1. The van der Waals surface area contributed by atoms with Crippen LogP contribution in [0.1, 0.15) is 6.92 Å². The van der Waals surface area contributed by atoms with E-state index in [1.54, 1.807) is 30.0 Å². The highest BCUT2D eigenvalue weighted by atomic mass is 35.5. The lowest BCUT2D eigenvalue weighted by Gasteiger charge is -2.31. The summed E-state index contributed by atoms with van der Waals surface area (Å²) >= 11 is 6.06. The second-order valence-corrected chi connectivity index (χ2v) is 4.12. The molecule has 0 bridgehead atoms. The highest BCUT2D eigenvalue weighted by Crippen LogP contribution is 2.29. The summed E-state index contributed by atoms with van der Waals surface area (Å²) in [7, 11) is 0. The molecule has 1 aliphatic heterocycles. The van der Waals surface area contributed by atoms with Crippen molar-refractivity contribution in [2.75, 3.05) is 23.8 Å². The predicted octanol–water partition coefficient (Wildman–Crippen LogP) is 1.67. The number of hydrogen-bond donors (Lipinski definition) is 1. The van der Waals surface area contributed by atoms with Crippen molar-refractivity contribution in [2.24, 2.45) is 0 Å². The molecule has 0 aliphatic carbocycles. The van der Waals surface area contributed by atoms with E-state index in [2.05, 4.69) is 0 Å². The molecule has 16 heavy (non-hydrogen) atoms. The Morgan fingerprint density at radius 3 is 3.00 bits per heavy atom. The van der Waals surface area contributed by atoms with E-state index in [4.69, 9.17) is 22.1 Å². The summed E-state index contributed by atoms with van der Waals surface area (Å²) in [5.74, 6) is -0.0714. The standard InChI is InChI=1S/C11H13ClN2O2/c1-7-11(15)14(4-5-16-7)10-3-2-8(13)6-9(10)12/h2-3,6-7H,4-5,13H2,1H3. The summed E-state index contributed by atoms with van der Waals surface area (Å²) in [5.41, 5.74) is 6.88. The van der Waals surface area contributed by atoms with Gasteiger partial charge in [0.25, 0.3) is 5.91 Å². The number of halogens is 1. The SMILES string of the molecule is CC1OCCN(c2ccc(N)cc2Cl)C1=O. The molecule has 1 atom stereocenters. The highest BCUT2D eigenvalue weighted by molar-refractivity contribution is 6.34. The number of nitrogen functional groups attached to an aromatic ring is 1. The molecule has 1 unspecified atom stereocenters. The van der Waals surface area contributed by atoms with Gasteiger partial charge in [0.05, 0.1) is 17.3 Å². The molecule has 0 saturated carbocycles. The molecule has 4 nitrogen and oxygen atoms in total. The Kier molecular flexibility index (Phi) is 3.03. The van der Waals surface area contributed by atoms with Gasteiger partial charge in [-0.2, -0.15) is 0 Å². The van der Waals surface area contributed by atoms with Gasteiger partial charge in [0, 0.05) is 12.2 Å². The molecule has 86 valence electrons. The molecule has 1 aliphatic rings. The van der Waals surface area contributed by atoms with Gasteiger partial charge in [0.2, 0.25) is 0 Å². The average molecular weight is 241 g/mol. The summed E-state index contributed by atoms with van der Waals surface area (Å²) in [6, 6.07) is 5.13. The molecule has 1 fully saturated rings. The van der Waals surface area contributed by atoms with Crippen LogP contribution in [0.3, 0.4) is 0 Å². The molecule has 0 spiro atoms. The number of nitrogens with two attached hydrogens (primary N) is 1. The minimum Gasteiger partial charge on any atom is -0.399 e. The van der Waals surface area contributed by atoms with Gasteiger partial charge in [0.1, 0.15) is 6.10 Å². The van der Waals surface area contributed by atoms with Crippen LogP contribution in [-0.2, 0) is 9.53 Å². The quantitative estimate of drug-likeness (QED) is 0.760. The monoisotopic (exact) mass is 240 g/mol. The van der Waals surface area contributed by atoms with Crippen molar-refractivity contribution in [3.63, 3.8) is 0 Å². The van der Waals surface area contributed by atoms with E-state index in [1.807, 2.05) is 0 Å².